The zero-order valence-corrected chi connectivity index (χ0v) is 12.6. The van der Waals surface area contributed by atoms with E-state index in [0.717, 1.165) is 18.6 Å². The highest BCUT2D eigenvalue weighted by Crippen LogP contribution is 2.36. The number of nitrogens with one attached hydrogen (secondary N) is 2. The van der Waals surface area contributed by atoms with Crippen LogP contribution in [0.1, 0.15) is 25.8 Å². The second kappa shape index (κ2) is 7.66. The van der Waals surface area contributed by atoms with Gasteiger partial charge in [-0.2, -0.15) is 13.2 Å². The molecule has 0 aliphatic heterocycles. The van der Waals surface area contributed by atoms with Crippen molar-refractivity contribution >= 4 is 23.2 Å². The molecule has 0 saturated carbocycles. The van der Waals surface area contributed by atoms with Crippen molar-refractivity contribution in [2.24, 2.45) is 5.92 Å². The fourth-order valence-electron chi connectivity index (χ4n) is 1.62. The van der Waals surface area contributed by atoms with Crippen molar-refractivity contribution in [1.82, 2.24) is 5.32 Å². The van der Waals surface area contributed by atoms with Gasteiger partial charge in [0.25, 0.3) is 0 Å². The Morgan fingerprint density at radius 1 is 1.33 bits per heavy atom. The molecule has 1 rings (SSSR count). The lowest BCUT2D eigenvalue weighted by molar-refractivity contribution is -0.137. The molecular formula is C14H18ClF3N2O. The first-order valence-corrected chi connectivity index (χ1v) is 6.95. The van der Waals surface area contributed by atoms with E-state index in [4.69, 9.17) is 11.6 Å². The molecule has 1 aromatic carbocycles. The Bertz CT molecular complexity index is 490. The van der Waals surface area contributed by atoms with Gasteiger partial charge in [0.05, 0.1) is 17.1 Å². The topological polar surface area (TPSA) is 41.1 Å². The second-order valence-corrected chi connectivity index (χ2v) is 5.51. The van der Waals surface area contributed by atoms with Crippen LogP contribution in [0.3, 0.4) is 0 Å². The molecule has 0 aromatic heterocycles. The van der Waals surface area contributed by atoms with E-state index in [-0.39, 0.29) is 12.2 Å². The van der Waals surface area contributed by atoms with Crippen molar-refractivity contribution in [3.05, 3.63) is 28.8 Å². The summed E-state index contributed by atoms with van der Waals surface area (Å²) in [5.74, 6) is 0.125. The molecule has 118 valence electrons. The number of carbonyl (C=O) groups is 1. The van der Waals surface area contributed by atoms with Crippen LogP contribution >= 0.6 is 11.6 Å². The molecule has 3 nitrogen and oxygen atoms in total. The molecule has 0 aliphatic rings. The second-order valence-electron chi connectivity index (χ2n) is 5.10. The Morgan fingerprint density at radius 2 is 2.00 bits per heavy atom. The smallest absolute Gasteiger partial charge is 0.325 e. The van der Waals surface area contributed by atoms with Crippen molar-refractivity contribution in [2.45, 2.75) is 26.4 Å². The van der Waals surface area contributed by atoms with Gasteiger partial charge < -0.3 is 10.6 Å². The van der Waals surface area contributed by atoms with E-state index >= 15 is 0 Å². The van der Waals surface area contributed by atoms with E-state index in [1.165, 1.54) is 6.07 Å². The first kappa shape index (κ1) is 17.8. The van der Waals surface area contributed by atoms with Gasteiger partial charge >= 0.3 is 6.18 Å². The highest BCUT2D eigenvalue weighted by molar-refractivity contribution is 6.31. The number of anilines is 1. The van der Waals surface area contributed by atoms with Crippen LogP contribution in [0, 0.1) is 5.92 Å². The highest BCUT2D eigenvalue weighted by atomic mass is 35.5. The van der Waals surface area contributed by atoms with Crippen LogP contribution in [0.5, 0.6) is 0 Å². The Kier molecular flexibility index (Phi) is 6.48. The van der Waals surface area contributed by atoms with Gasteiger partial charge in [-0.25, -0.2) is 0 Å². The third-order valence-electron chi connectivity index (χ3n) is 2.74. The summed E-state index contributed by atoms with van der Waals surface area (Å²) in [5, 5.41) is 4.95. The van der Waals surface area contributed by atoms with Gasteiger partial charge in [-0.15, -0.1) is 0 Å². The summed E-state index contributed by atoms with van der Waals surface area (Å²) in [7, 11) is 0. The number of halogens is 4. The maximum absolute atomic E-state index is 12.7. The van der Waals surface area contributed by atoms with Gasteiger partial charge in [0.2, 0.25) is 5.91 Å². The molecule has 1 aromatic rings. The third kappa shape index (κ3) is 6.35. The minimum Gasteiger partial charge on any atom is -0.325 e. The van der Waals surface area contributed by atoms with E-state index in [9.17, 15) is 18.0 Å². The summed E-state index contributed by atoms with van der Waals surface area (Å²) in [5.41, 5.74) is -0.892. The van der Waals surface area contributed by atoms with Gasteiger partial charge in [0.1, 0.15) is 0 Å². The number of hydrogen-bond donors (Lipinski definition) is 2. The van der Waals surface area contributed by atoms with Crippen LogP contribution < -0.4 is 10.6 Å². The minimum absolute atomic E-state index is 0.0523. The molecule has 2 N–H and O–H groups in total. The van der Waals surface area contributed by atoms with Crippen molar-refractivity contribution < 1.29 is 18.0 Å². The Morgan fingerprint density at radius 3 is 2.57 bits per heavy atom. The van der Waals surface area contributed by atoms with Crippen molar-refractivity contribution in [3.8, 4) is 0 Å². The van der Waals surface area contributed by atoms with E-state index in [1.54, 1.807) is 0 Å². The van der Waals surface area contributed by atoms with E-state index in [2.05, 4.69) is 24.5 Å². The number of hydrogen-bond acceptors (Lipinski definition) is 2. The highest BCUT2D eigenvalue weighted by Gasteiger charge is 2.33. The van der Waals surface area contributed by atoms with Crippen LogP contribution in [0.2, 0.25) is 5.02 Å². The molecule has 0 aliphatic carbocycles. The number of carbonyl (C=O) groups excluding carboxylic acids is 1. The van der Waals surface area contributed by atoms with Gasteiger partial charge in [0.15, 0.2) is 0 Å². The molecule has 0 saturated heterocycles. The summed E-state index contributed by atoms with van der Waals surface area (Å²) < 4.78 is 38.0. The fraction of sp³-hybridized carbons (Fsp3) is 0.500. The molecule has 0 fully saturated rings. The quantitative estimate of drug-likeness (QED) is 0.779. The average molecular weight is 323 g/mol. The summed E-state index contributed by atoms with van der Waals surface area (Å²) in [6.07, 6.45) is -3.63. The number of rotatable bonds is 6. The van der Waals surface area contributed by atoms with Crippen LogP contribution in [-0.4, -0.2) is 19.0 Å². The summed E-state index contributed by atoms with van der Waals surface area (Å²) in [6, 6.07) is 3.28. The van der Waals surface area contributed by atoms with E-state index < -0.39 is 22.7 Å². The van der Waals surface area contributed by atoms with Crippen LogP contribution in [0.15, 0.2) is 18.2 Å². The molecule has 0 radical (unpaired) electrons. The van der Waals surface area contributed by atoms with Gasteiger partial charge in [-0.1, -0.05) is 25.4 Å². The summed E-state index contributed by atoms with van der Waals surface area (Å²) in [6.45, 7) is 4.86. The maximum Gasteiger partial charge on any atom is 0.417 e. The zero-order valence-electron chi connectivity index (χ0n) is 11.9. The summed E-state index contributed by atoms with van der Waals surface area (Å²) >= 11 is 5.50. The molecule has 0 bridgehead atoms. The third-order valence-corrected chi connectivity index (χ3v) is 3.07. The van der Waals surface area contributed by atoms with Crippen molar-refractivity contribution in [2.75, 3.05) is 18.4 Å². The van der Waals surface area contributed by atoms with Crippen molar-refractivity contribution in [1.29, 1.82) is 0 Å². The zero-order chi connectivity index (χ0) is 16.0. The van der Waals surface area contributed by atoms with Gasteiger partial charge in [0, 0.05) is 5.69 Å². The maximum atomic E-state index is 12.7. The number of alkyl halides is 3. The molecule has 0 spiro atoms. The Labute approximate surface area is 126 Å². The molecule has 7 heteroatoms. The Balaban J connectivity index is 2.57. The van der Waals surface area contributed by atoms with Crippen LogP contribution in [0.4, 0.5) is 18.9 Å². The lowest BCUT2D eigenvalue weighted by Crippen LogP contribution is -2.29. The lowest BCUT2D eigenvalue weighted by atomic mass is 10.1. The van der Waals surface area contributed by atoms with Gasteiger partial charge in [-0.3, -0.25) is 4.79 Å². The molecule has 21 heavy (non-hydrogen) atoms. The summed E-state index contributed by atoms with van der Waals surface area (Å²) in [4.78, 5) is 11.6. The minimum atomic E-state index is -4.55. The number of benzene rings is 1. The predicted octanol–water partition coefficient (Wildman–Crippen LogP) is 3.93. The SMILES string of the molecule is CC(C)CCNCC(=O)Nc1ccc(Cl)c(C(F)(F)F)c1. The van der Waals surface area contributed by atoms with E-state index in [0.29, 0.717) is 12.5 Å². The first-order chi connectivity index (χ1) is 9.70. The number of amides is 1. The largest absolute Gasteiger partial charge is 0.417 e. The van der Waals surface area contributed by atoms with Gasteiger partial charge in [-0.05, 0) is 37.1 Å². The molecule has 0 heterocycles. The van der Waals surface area contributed by atoms with Crippen LogP contribution in [0.25, 0.3) is 0 Å². The predicted molar refractivity (Wildman–Crippen MR) is 77.4 cm³/mol. The monoisotopic (exact) mass is 322 g/mol. The van der Waals surface area contributed by atoms with E-state index in [1.807, 2.05) is 0 Å². The molecule has 1 amide bonds. The molecular weight excluding hydrogens is 305 g/mol. The first-order valence-electron chi connectivity index (χ1n) is 6.57. The van der Waals surface area contributed by atoms with Crippen molar-refractivity contribution in [3.63, 3.8) is 0 Å². The molecule has 0 atom stereocenters. The standard InChI is InChI=1S/C14H18ClF3N2O/c1-9(2)5-6-19-8-13(21)20-10-3-4-12(15)11(7-10)14(16,17)18/h3-4,7,9,19H,5-6,8H2,1-2H3,(H,20,21). The fourth-order valence-corrected chi connectivity index (χ4v) is 1.84. The average Bonchev–Trinajstić information content (AvgIpc) is 2.35. The van der Waals surface area contributed by atoms with Crippen LogP contribution in [-0.2, 0) is 11.0 Å². The Hall–Kier alpha value is -1.27. The lowest BCUT2D eigenvalue weighted by Gasteiger charge is -2.12. The molecule has 0 unspecified atom stereocenters. The normalized spacial score (nSPS) is 11.8.